The van der Waals surface area contributed by atoms with Crippen LogP contribution < -0.4 is 0 Å². The van der Waals surface area contributed by atoms with Crippen molar-refractivity contribution in [1.29, 1.82) is 0 Å². The Bertz CT molecular complexity index is 1660. The second-order valence-corrected chi connectivity index (χ2v) is 14.6. The lowest BCUT2D eigenvalue weighted by Gasteiger charge is -2.35. The summed E-state index contributed by atoms with van der Waals surface area (Å²) in [6, 6.07) is 0. The lowest BCUT2D eigenvalue weighted by molar-refractivity contribution is -0.167. The molecule has 0 N–H and O–H groups in total. The lowest BCUT2D eigenvalue weighted by Crippen LogP contribution is -2.46. The molecular formula is C53H72O22. The van der Waals surface area contributed by atoms with E-state index in [2.05, 4.69) is 81.8 Å². The molecule has 0 radical (unpaired) electrons. The van der Waals surface area contributed by atoms with E-state index in [1.807, 2.05) is 0 Å². The molecule has 0 spiro atoms. The minimum absolute atomic E-state index is 0.165. The number of carbonyl (C=O) groups excluding carboxylic acids is 9. The van der Waals surface area contributed by atoms with Gasteiger partial charge < -0.3 is 61.6 Å². The number of unbranched alkanes of at least 4 members (excludes halogenated alkanes) is 3. The molecule has 0 aliphatic rings. The van der Waals surface area contributed by atoms with Crippen LogP contribution >= 0.6 is 0 Å². The zero-order valence-corrected chi connectivity index (χ0v) is 42.7. The van der Waals surface area contributed by atoms with Crippen LogP contribution in [0, 0.1) is 10.8 Å². The Balaban J connectivity index is -0.00000124. The first-order chi connectivity index (χ1) is 35.8. The van der Waals surface area contributed by atoms with Crippen molar-refractivity contribution in [3.05, 3.63) is 139 Å². The molecule has 0 heterocycles. The molecule has 416 valence electrons. The summed E-state index contributed by atoms with van der Waals surface area (Å²) < 4.78 is 66.7. The minimum atomic E-state index is -1.44. The van der Waals surface area contributed by atoms with Gasteiger partial charge in [-0.05, 0) is 31.8 Å². The van der Waals surface area contributed by atoms with Crippen molar-refractivity contribution in [3.63, 3.8) is 0 Å². The molecule has 22 nitrogen and oxygen atoms in total. The molecule has 22 heteroatoms. The SMILES string of the molecule is C=CC(=C)OCC(COCC(COC(=O)C=C)(COC(=O)C=C)COC(=O)C=C)(COC(=O)C=C)COC(=O)C=C.C=CC(=O)OCCCCCCOC(=O)C=C.C=CC(=O)OCCOCCOCCOC(=O)C=C. The Hall–Kier alpha value is -7.95. The van der Waals surface area contributed by atoms with Crippen LogP contribution in [0.1, 0.15) is 25.7 Å². The third kappa shape index (κ3) is 42.3. The van der Waals surface area contributed by atoms with Crippen molar-refractivity contribution >= 4 is 53.7 Å². The highest BCUT2D eigenvalue weighted by Crippen LogP contribution is 2.26. The molecule has 0 amide bonds. The van der Waals surface area contributed by atoms with Gasteiger partial charge in [0.15, 0.2) is 0 Å². The van der Waals surface area contributed by atoms with Gasteiger partial charge in [0.25, 0.3) is 0 Å². The van der Waals surface area contributed by atoms with Gasteiger partial charge in [0.2, 0.25) is 0 Å². The van der Waals surface area contributed by atoms with Gasteiger partial charge >= 0.3 is 53.7 Å². The third-order valence-electron chi connectivity index (χ3n) is 8.55. The summed E-state index contributed by atoms with van der Waals surface area (Å²) in [4.78, 5) is 102. The molecule has 0 atom stereocenters. The fourth-order valence-corrected chi connectivity index (χ4v) is 4.57. The van der Waals surface area contributed by atoms with Crippen molar-refractivity contribution in [3.8, 4) is 0 Å². The molecule has 0 aromatic heterocycles. The van der Waals surface area contributed by atoms with Gasteiger partial charge in [-0.3, -0.25) is 0 Å². The Morgan fingerprint density at radius 2 is 0.480 bits per heavy atom. The molecule has 75 heavy (non-hydrogen) atoms. The standard InChI is InChI=1S/C29H36O12.C12H18O6.C12H18O4/c1-8-22(7)36-16-28(17-37-23(30)9-2,18-38-24(31)10-3)14-35-15-29(19-39-25(32)11-4,20-40-26(33)12-5)21-41-27(34)13-6;1-3-11(13)17-9-7-15-5-6-16-8-10-18-12(14)4-2;1-3-11(13)15-9-7-5-6-8-10-16-12(14)4-2/h8-13H,1-7,14-21H2;3-4H,1-2,5-10H2;3-4H,1-2,5-10H2. The Kier molecular flexibility index (Phi) is 44.8. The van der Waals surface area contributed by atoms with Crippen molar-refractivity contribution in [1.82, 2.24) is 0 Å². The molecule has 0 saturated heterocycles. The van der Waals surface area contributed by atoms with E-state index in [1.54, 1.807) is 0 Å². The number of rotatable bonds is 43. The molecule has 0 aliphatic carbocycles. The quantitative estimate of drug-likeness (QED) is 0.0198. The van der Waals surface area contributed by atoms with Gasteiger partial charge in [-0.2, -0.15) is 0 Å². The smallest absolute Gasteiger partial charge is 0.330 e. The summed E-state index contributed by atoms with van der Waals surface area (Å²) in [5.41, 5.74) is -2.77. The summed E-state index contributed by atoms with van der Waals surface area (Å²) in [6.45, 7) is 36.6. The highest BCUT2D eigenvalue weighted by molar-refractivity contribution is 5.84. The molecule has 0 aliphatic heterocycles. The monoisotopic (exact) mass is 1060 g/mol. The predicted octanol–water partition coefficient (Wildman–Crippen LogP) is 4.82. The van der Waals surface area contributed by atoms with E-state index in [0.717, 1.165) is 80.4 Å². The maximum Gasteiger partial charge on any atom is 0.330 e. The van der Waals surface area contributed by atoms with E-state index < -0.39 is 72.4 Å². The van der Waals surface area contributed by atoms with Crippen LogP contribution in [0.2, 0.25) is 0 Å². The number of carbonyl (C=O) groups is 9. The molecule has 0 saturated carbocycles. The lowest BCUT2D eigenvalue weighted by atomic mass is 9.90. The molecule has 0 unspecified atom stereocenters. The van der Waals surface area contributed by atoms with Crippen molar-refractivity contribution in [2.24, 2.45) is 10.8 Å². The number of ether oxygens (including phenoxy) is 13. The molecule has 0 rings (SSSR count). The summed E-state index contributed by atoms with van der Waals surface area (Å²) in [5.74, 6) is -5.53. The maximum absolute atomic E-state index is 11.9. The third-order valence-corrected chi connectivity index (χ3v) is 8.55. The van der Waals surface area contributed by atoms with Gasteiger partial charge in [0.05, 0.1) is 63.7 Å². The van der Waals surface area contributed by atoms with E-state index in [9.17, 15) is 43.2 Å². The second kappa shape index (κ2) is 47.1. The van der Waals surface area contributed by atoms with E-state index in [4.69, 9.17) is 52.1 Å². The average Bonchev–Trinajstić information content (AvgIpc) is 3.43. The predicted molar refractivity (Wildman–Crippen MR) is 271 cm³/mol. The number of hydrogen-bond acceptors (Lipinski definition) is 22. The zero-order chi connectivity index (χ0) is 57.2. The van der Waals surface area contributed by atoms with Gasteiger partial charge in [0, 0.05) is 54.7 Å². The molecule has 0 aromatic rings. The second-order valence-electron chi connectivity index (χ2n) is 14.6. The summed E-state index contributed by atoms with van der Waals surface area (Å²) >= 11 is 0. The Morgan fingerprint density at radius 1 is 0.253 bits per heavy atom. The highest BCUT2D eigenvalue weighted by Gasteiger charge is 2.40. The first kappa shape index (κ1) is 71.3. The minimum Gasteiger partial charge on any atom is -0.493 e. The van der Waals surface area contributed by atoms with E-state index in [1.165, 1.54) is 6.08 Å². The summed E-state index contributed by atoms with van der Waals surface area (Å²) in [5, 5.41) is 0. The first-order valence-corrected chi connectivity index (χ1v) is 22.6. The topological polar surface area (TPSA) is 274 Å². The summed E-state index contributed by atoms with van der Waals surface area (Å²) in [7, 11) is 0. The normalized spacial score (nSPS) is 10.0. The largest absolute Gasteiger partial charge is 0.493 e. The fourth-order valence-electron chi connectivity index (χ4n) is 4.57. The van der Waals surface area contributed by atoms with Crippen LogP contribution in [0.15, 0.2) is 139 Å². The van der Waals surface area contributed by atoms with Gasteiger partial charge in [0.1, 0.15) is 58.6 Å². The van der Waals surface area contributed by atoms with Crippen molar-refractivity contribution in [2.45, 2.75) is 25.7 Å². The van der Waals surface area contributed by atoms with Gasteiger partial charge in [-0.25, -0.2) is 43.2 Å². The van der Waals surface area contributed by atoms with Crippen LogP contribution in [0.25, 0.3) is 0 Å². The molecule has 0 aromatic carbocycles. The van der Waals surface area contributed by atoms with E-state index in [-0.39, 0.29) is 63.9 Å². The average molecular weight is 1060 g/mol. The fraction of sp³-hybridized carbons (Fsp3) is 0.415. The van der Waals surface area contributed by atoms with Gasteiger partial charge in [-0.15, -0.1) is 0 Å². The van der Waals surface area contributed by atoms with Gasteiger partial charge in [-0.1, -0.05) is 72.4 Å². The molecule has 0 bridgehead atoms. The van der Waals surface area contributed by atoms with Crippen LogP contribution in [-0.2, 0) is 105 Å². The molecular weight excluding hydrogens is 989 g/mol. The van der Waals surface area contributed by atoms with Crippen LogP contribution in [0.3, 0.4) is 0 Å². The van der Waals surface area contributed by atoms with Crippen LogP contribution in [0.4, 0.5) is 0 Å². The number of allylic oxidation sites excluding steroid dienone is 1. The number of esters is 9. The zero-order valence-electron chi connectivity index (χ0n) is 42.7. The molecule has 0 fully saturated rings. The van der Waals surface area contributed by atoms with Crippen LogP contribution in [-0.4, -0.2) is 159 Å². The van der Waals surface area contributed by atoms with Crippen molar-refractivity contribution in [2.75, 3.05) is 106 Å². The number of hydrogen-bond donors (Lipinski definition) is 0. The Labute approximate surface area is 438 Å². The highest BCUT2D eigenvalue weighted by atomic mass is 16.6. The van der Waals surface area contributed by atoms with Crippen molar-refractivity contribution < 1.29 is 105 Å². The van der Waals surface area contributed by atoms with E-state index >= 15 is 0 Å². The maximum atomic E-state index is 11.9. The Morgan fingerprint density at radius 3 is 0.733 bits per heavy atom. The summed E-state index contributed by atoms with van der Waals surface area (Å²) in [6.07, 6.45) is 13.9. The van der Waals surface area contributed by atoms with Crippen LogP contribution in [0.5, 0.6) is 0 Å². The first-order valence-electron chi connectivity index (χ1n) is 22.6. The van der Waals surface area contributed by atoms with E-state index in [0.29, 0.717) is 39.6 Å².